The number of hydrogen-bond acceptors (Lipinski definition) is 5. The summed E-state index contributed by atoms with van der Waals surface area (Å²) in [6.07, 6.45) is 9.62. The number of rotatable bonds is 3. The molecule has 28 heavy (non-hydrogen) atoms. The van der Waals surface area contributed by atoms with Gasteiger partial charge in [-0.3, -0.25) is 4.79 Å². The average molecular weight is 377 g/mol. The SMILES string of the molecule is O=C(c1ccc(-n2cncn2)cc1)N1CCCC1c1nnc2n1CCCCC2. The first kappa shape index (κ1) is 17.1. The van der Waals surface area contributed by atoms with Gasteiger partial charge in [-0.1, -0.05) is 6.42 Å². The molecule has 144 valence electrons. The number of nitrogens with zero attached hydrogens (tertiary/aromatic N) is 7. The second-order valence-corrected chi connectivity index (χ2v) is 7.48. The first-order valence-corrected chi connectivity index (χ1v) is 9.99. The predicted octanol–water partition coefficient (Wildman–Crippen LogP) is 2.56. The van der Waals surface area contributed by atoms with E-state index in [4.69, 9.17) is 0 Å². The largest absolute Gasteiger partial charge is 0.328 e. The molecule has 8 nitrogen and oxygen atoms in total. The Bertz CT molecular complexity index is 961. The summed E-state index contributed by atoms with van der Waals surface area (Å²) in [5, 5.41) is 13.0. The highest BCUT2D eigenvalue weighted by Gasteiger charge is 2.34. The maximum absolute atomic E-state index is 13.2. The van der Waals surface area contributed by atoms with Gasteiger partial charge < -0.3 is 9.47 Å². The molecule has 5 rings (SSSR count). The van der Waals surface area contributed by atoms with E-state index in [2.05, 4.69) is 24.8 Å². The maximum atomic E-state index is 13.2. The fourth-order valence-corrected chi connectivity index (χ4v) is 4.30. The summed E-state index contributed by atoms with van der Waals surface area (Å²) >= 11 is 0. The van der Waals surface area contributed by atoms with E-state index >= 15 is 0 Å². The average Bonchev–Trinajstić information content (AvgIpc) is 3.46. The van der Waals surface area contributed by atoms with E-state index in [1.54, 1.807) is 11.0 Å². The Hall–Kier alpha value is -3.03. The van der Waals surface area contributed by atoms with Crippen LogP contribution in [0.15, 0.2) is 36.9 Å². The molecule has 3 aromatic rings. The third-order valence-electron chi connectivity index (χ3n) is 5.75. The molecule has 1 saturated heterocycles. The van der Waals surface area contributed by atoms with Crippen LogP contribution in [-0.2, 0) is 13.0 Å². The minimum Gasteiger partial charge on any atom is -0.328 e. The number of carbonyl (C=O) groups excluding carboxylic acids is 1. The zero-order valence-corrected chi connectivity index (χ0v) is 15.7. The molecule has 0 aliphatic carbocycles. The van der Waals surface area contributed by atoms with Crippen molar-refractivity contribution in [2.45, 2.75) is 51.1 Å². The molecule has 0 radical (unpaired) electrons. The Labute approximate surface area is 163 Å². The molecule has 1 aromatic carbocycles. The van der Waals surface area contributed by atoms with Gasteiger partial charge in [0.1, 0.15) is 18.5 Å². The molecule has 0 spiro atoms. The Kier molecular flexibility index (Phi) is 4.38. The highest BCUT2D eigenvalue weighted by atomic mass is 16.2. The molecule has 0 bridgehead atoms. The lowest BCUT2D eigenvalue weighted by Crippen LogP contribution is -2.32. The van der Waals surface area contributed by atoms with E-state index in [1.165, 1.54) is 19.2 Å². The molecular formula is C20H23N7O. The van der Waals surface area contributed by atoms with Crippen molar-refractivity contribution in [1.82, 2.24) is 34.4 Å². The van der Waals surface area contributed by atoms with Gasteiger partial charge in [-0.15, -0.1) is 10.2 Å². The molecule has 1 unspecified atom stereocenters. The van der Waals surface area contributed by atoms with Crippen LogP contribution in [0.5, 0.6) is 0 Å². The molecule has 1 amide bonds. The maximum Gasteiger partial charge on any atom is 0.254 e. The standard InChI is InChI=1S/C20H23N7O/c28-20(15-7-9-16(10-8-15)27-14-21-13-22-27)25-12-4-5-17(25)19-24-23-18-6-2-1-3-11-26(18)19/h7-10,13-14,17H,1-6,11-12H2. The summed E-state index contributed by atoms with van der Waals surface area (Å²) < 4.78 is 3.94. The van der Waals surface area contributed by atoms with Gasteiger partial charge in [0, 0.05) is 25.1 Å². The van der Waals surface area contributed by atoms with Crippen molar-refractivity contribution >= 4 is 5.91 Å². The van der Waals surface area contributed by atoms with Crippen molar-refractivity contribution in [2.24, 2.45) is 0 Å². The molecule has 2 aromatic heterocycles. The Morgan fingerprint density at radius 2 is 1.89 bits per heavy atom. The minimum absolute atomic E-state index is 0.0156. The summed E-state index contributed by atoms with van der Waals surface area (Å²) in [6, 6.07) is 7.53. The lowest BCUT2D eigenvalue weighted by molar-refractivity contribution is 0.0727. The topological polar surface area (TPSA) is 81.7 Å². The second-order valence-electron chi connectivity index (χ2n) is 7.48. The molecular weight excluding hydrogens is 354 g/mol. The van der Waals surface area contributed by atoms with Crippen LogP contribution in [0.2, 0.25) is 0 Å². The first-order valence-electron chi connectivity index (χ1n) is 9.99. The lowest BCUT2D eigenvalue weighted by atomic mass is 10.1. The summed E-state index contributed by atoms with van der Waals surface area (Å²) in [6.45, 7) is 1.72. The van der Waals surface area contributed by atoms with Gasteiger partial charge in [0.05, 0.1) is 11.7 Å². The van der Waals surface area contributed by atoms with Crippen LogP contribution < -0.4 is 0 Å². The normalized spacial score (nSPS) is 19.4. The first-order chi connectivity index (χ1) is 13.8. The zero-order chi connectivity index (χ0) is 18.9. The van der Waals surface area contributed by atoms with Crippen LogP contribution in [-0.4, -0.2) is 46.9 Å². The van der Waals surface area contributed by atoms with Crippen LogP contribution in [0.1, 0.15) is 60.2 Å². The van der Waals surface area contributed by atoms with Crippen molar-refractivity contribution in [3.05, 3.63) is 54.1 Å². The molecule has 8 heteroatoms. The second kappa shape index (κ2) is 7.18. The van der Waals surface area contributed by atoms with Crippen molar-refractivity contribution in [1.29, 1.82) is 0 Å². The third-order valence-corrected chi connectivity index (χ3v) is 5.75. The minimum atomic E-state index is 0.0156. The van der Waals surface area contributed by atoms with Crippen molar-refractivity contribution in [2.75, 3.05) is 6.54 Å². The van der Waals surface area contributed by atoms with E-state index in [9.17, 15) is 4.79 Å². The third kappa shape index (κ3) is 2.98. The summed E-state index contributed by atoms with van der Waals surface area (Å²) in [4.78, 5) is 19.1. The molecule has 1 fully saturated rings. The molecule has 0 N–H and O–H groups in total. The van der Waals surface area contributed by atoms with Crippen LogP contribution in [0.4, 0.5) is 0 Å². The van der Waals surface area contributed by atoms with Crippen LogP contribution >= 0.6 is 0 Å². The van der Waals surface area contributed by atoms with Gasteiger partial charge in [0.2, 0.25) is 0 Å². The zero-order valence-electron chi connectivity index (χ0n) is 15.7. The Morgan fingerprint density at radius 3 is 2.71 bits per heavy atom. The van der Waals surface area contributed by atoms with Gasteiger partial charge in [0.15, 0.2) is 5.82 Å². The van der Waals surface area contributed by atoms with Crippen LogP contribution in [0, 0.1) is 0 Å². The summed E-state index contributed by atoms with van der Waals surface area (Å²) in [5.41, 5.74) is 1.57. The van der Waals surface area contributed by atoms with Gasteiger partial charge in [0.25, 0.3) is 5.91 Å². The van der Waals surface area contributed by atoms with E-state index in [0.717, 1.165) is 56.1 Å². The molecule has 2 aliphatic rings. The van der Waals surface area contributed by atoms with Crippen LogP contribution in [0.3, 0.4) is 0 Å². The molecule has 4 heterocycles. The number of hydrogen-bond donors (Lipinski definition) is 0. The Morgan fingerprint density at radius 1 is 1.00 bits per heavy atom. The summed E-state index contributed by atoms with van der Waals surface area (Å²) in [5.74, 6) is 2.09. The van der Waals surface area contributed by atoms with Gasteiger partial charge >= 0.3 is 0 Å². The number of likely N-dealkylation sites (tertiary alicyclic amines) is 1. The number of aromatic nitrogens is 6. The predicted molar refractivity (Wildman–Crippen MR) is 102 cm³/mol. The number of benzene rings is 1. The van der Waals surface area contributed by atoms with E-state index in [1.807, 2.05) is 29.2 Å². The highest BCUT2D eigenvalue weighted by Crippen LogP contribution is 2.33. The lowest BCUT2D eigenvalue weighted by Gasteiger charge is -2.25. The van der Waals surface area contributed by atoms with Gasteiger partial charge in [-0.2, -0.15) is 5.10 Å². The molecule has 0 saturated carbocycles. The summed E-state index contributed by atoms with van der Waals surface area (Å²) in [7, 11) is 0. The monoisotopic (exact) mass is 377 g/mol. The van der Waals surface area contributed by atoms with Crippen molar-refractivity contribution < 1.29 is 4.79 Å². The van der Waals surface area contributed by atoms with Gasteiger partial charge in [-0.25, -0.2) is 9.67 Å². The van der Waals surface area contributed by atoms with E-state index in [0.29, 0.717) is 5.56 Å². The van der Waals surface area contributed by atoms with Gasteiger partial charge in [-0.05, 0) is 49.9 Å². The molecule has 2 aliphatic heterocycles. The Balaban J connectivity index is 1.40. The number of aryl methyl sites for hydroxylation is 1. The fourth-order valence-electron chi connectivity index (χ4n) is 4.30. The number of fused-ring (bicyclic) bond motifs is 1. The van der Waals surface area contributed by atoms with Crippen molar-refractivity contribution in [3.63, 3.8) is 0 Å². The molecule has 1 atom stereocenters. The van der Waals surface area contributed by atoms with Crippen LogP contribution in [0.25, 0.3) is 5.69 Å². The number of amides is 1. The van der Waals surface area contributed by atoms with E-state index < -0.39 is 0 Å². The smallest absolute Gasteiger partial charge is 0.254 e. The highest BCUT2D eigenvalue weighted by molar-refractivity contribution is 5.94. The fraction of sp³-hybridized carbons (Fsp3) is 0.450. The number of carbonyl (C=O) groups is 1. The van der Waals surface area contributed by atoms with E-state index in [-0.39, 0.29) is 11.9 Å². The quantitative estimate of drug-likeness (QED) is 0.701. The van der Waals surface area contributed by atoms with Crippen molar-refractivity contribution in [3.8, 4) is 5.69 Å².